The summed E-state index contributed by atoms with van der Waals surface area (Å²) >= 11 is 5.31. The summed E-state index contributed by atoms with van der Waals surface area (Å²) in [6.07, 6.45) is 2.40. The Morgan fingerprint density at radius 3 is 3.08 bits per heavy atom. The van der Waals surface area contributed by atoms with Crippen LogP contribution in [0.1, 0.15) is 6.42 Å². The van der Waals surface area contributed by atoms with Gasteiger partial charge in [0.25, 0.3) is 0 Å². The van der Waals surface area contributed by atoms with Crippen LogP contribution in [0.2, 0.25) is 0 Å². The van der Waals surface area contributed by atoms with Gasteiger partial charge in [-0.05, 0) is 0 Å². The standard InChI is InChI=1S/C8H9ClO4/c9-3-1-2-7(10)13-6-4-8(11)12-5-6/h1-2,6H,3-5H2. The number of ether oxygens (including phenoxy) is 2. The molecule has 1 saturated heterocycles. The molecule has 1 rings (SSSR count). The zero-order valence-corrected chi connectivity index (χ0v) is 7.62. The van der Waals surface area contributed by atoms with Crippen LogP contribution in [-0.4, -0.2) is 30.5 Å². The maximum absolute atomic E-state index is 10.9. The van der Waals surface area contributed by atoms with Crippen LogP contribution in [0.4, 0.5) is 0 Å². The normalized spacial score (nSPS) is 21.9. The Hall–Kier alpha value is -1.03. The number of carbonyl (C=O) groups is 2. The van der Waals surface area contributed by atoms with Gasteiger partial charge in [0.15, 0.2) is 0 Å². The van der Waals surface area contributed by atoms with E-state index in [1.165, 1.54) is 12.2 Å². The highest BCUT2D eigenvalue weighted by molar-refractivity contribution is 6.19. The molecule has 1 unspecified atom stereocenters. The number of hydrogen-bond donors (Lipinski definition) is 0. The van der Waals surface area contributed by atoms with Gasteiger partial charge in [0.1, 0.15) is 12.7 Å². The van der Waals surface area contributed by atoms with E-state index in [9.17, 15) is 9.59 Å². The molecule has 0 aromatic heterocycles. The van der Waals surface area contributed by atoms with Crippen LogP contribution in [0.25, 0.3) is 0 Å². The van der Waals surface area contributed by atoms with Crippen LogP contribution in [-0.2, 0) is 19.1 Å². The second-order valence-electron chi connectivity index (χ2n) is 2.50. The number of esters is 2. The highest BCUT2D eigenvalue weighted by Gasteiger charge is 2.26. The Kier molecular flexibility index (Phi) is 3.76. The van der Waals surface area contributed by atoms with E-state index in [-0.39, 0.29) is 24.9 Å². The Bertz CT molecular complexity index is 236. The molecule has 0 N–H and O–H groups in total. The van der Waals surface area contributed by atoms with E-state index in [4.69, 9.17) is 16.3 Å². The fraction of sp³-hybridized carbons (Fsp3) is 0.500. The summed E-state index contributed by atoms with van der Waals surface area (Å²) in [6, 6.07) is 0. The smallest absolute Gasteiger partial charge is 0.330 e. The molecule has 1 aliphatic heterocycles. The van der Waals surface area contributed by atoms with Gasteiger partial charge in [-0.15, -0.1) is 11.6 Å². The number of rotatable bonds is 3. The number of halogens is 1. The molecular formula is C8H9ClO4. The number of carbonyl (C=O) groups excluding carboxylic acids is 2. The third-order valence-corrected chi connectivity index (χ3v) is 1.63. The molecule has 1 fully saturated rings. The van der Waals surface area contributed by atoms with Crippen molar-refractivity contribution in [2.75, 3.05) is 12.5 Å². The predicted octanol–water partition coefficient (Wildman–Crippen LogP) is 0.640. The number of hydrogen-bond acceptors (Lipinski definition) is 4. The van der Waals surface area contributed by atoms with E-state index in [1.807, 2.05) is 0 Å². The summed E-state index contributed by atoms with van der Waals surface area (Å²) in [7, 11) is 0. The minimum Gasteiger partial charge on any atom is -0.462 e. The van der Waals surface area contributed by atoms with E-state index in [0.29, 0.717) is 0 Å². The number of allylic oxidation sites excluding steroid dienone is 1. The molecule has 0 spiro atoms. The molecule has 1 aliphatic rings. The molecule has 0 bridgehead atoms. The second kappa shape index (κ2) is 4.87. The molecule has 0 aromatic carbocycles. The molecule has 4 nitrogen and oxygen atoms in total. The molecule has 1 heterocycles. The van der Waals surface area contributed by atoms with Gasteiger partial charge in [-0.2, -0.15) is 0 Å². The minimum absolute atomic E-state index is 0.139. The van der Waals surface area contributed by atoms with Crippen molar-refractivity contribution < 1.29 is 19.1 Å². The monoisotopic (exact) mass is 204 g/mol. The molecule has 1 atom stereocenters. The molecular weight excluding hydrogens is 196 g/mol. The predicted molar refractivity (Wildman–Crippen MR) is 45.3 cm³/mol. The average Bonchev–Trinajstić information content (AvgIpc) is 2.48. The van der Waals surface area contributed by atoms with Gasteiger partial charge >= 0.3 is 11.9 Å². The summed E-state index contributed by atoms with van der Waals surface area (Å²) in [5, 5.41) is 0. The van der Waals surface area contributed by atoms with Gasteiger partial charge < -0.3 is 9.47 Å². The lowest BCUT2D eigenvalue weighted by Gasteiger charge is -2.05. The lowest BCUT2D eigenvalue weighted by Crippen LogP contribution is -2.16. The maximum Gasteiger partial charge on any atom is 0.330 e. The number of cyclic esters (lactones) is 1. The average molecular weight is 205 g/mol. The van der Waals surface area contributed by atoms with E-state index in [2.05, 4.69) is 4.74 Å². The van der Waals surface area contributed by atoms with Crippen molar-refractivity contribution in [1.82, 2.24) is 0 Å². The first-order valence-electron chi connectivity index (χ1n) is 3.81. The molecule has 5 heteroatoms. The van der Waals surface area contributed by atoms with E-state index in [1.54, 1.807) is 0 Å². The third-order valence-electron chi connectivity index (χ3n) is 1.45. The largest absolute Gasteiger partial charge is 0.462 e. The van der Waals surface area contributed by atoms with Crippen LogP contribution in [0, 0.1) is 0 Å². The SMILES string of the molecule is O=C(C=CCCl)OC1COC(=O)C1. The Morgan fingerprint density at radius 2 is 2.54 bits per heavy atom. The Morgan fingerprint density at radius 1 is 1.77 bits per heavy atom. The van der Waals surface area contributed by atoms with Crippen molar-refractivity contribution in [3.8, 4) is 0 Å². The van der Waals surface area contributed by atoms with Crippen LogP contribution in [0.3, 0.4) is 0 Å². The van der Waals surface area contributed by atoms with Crippen molar-refractivity contribution in [3.63, 3.8) is 0 Å². The van der Waals surface area contributed by atoms with Crippen molar-refractivity contribution in [1.29, 1.82) is 0 Å². The summed E-state index contributed by atoms with van der Waals surface area (Å²) in [5.74, 6) is -0.571. The summed E-state index contributed by atoms with van der Waals surface area (Å²) in [5.41, 5.74) is 0. The third kappa shape index (κ3) is 3.46. The highest BCUT2D eigenvalue weighted by atomic mass is 35.5. The molecule has 0 saturated carbocycles. The maximum atomic E-state index is 10.9. The minimum atomic E-state index is -0.496. The fourth-order valence-electron chi connectivity index (χ4n) is 0.910. The van der Waals surface area contributed by atoms with Crippen molar-refractivity contribution in [2.45, 2.75) is 12.5 Å². The van der Waals surface area contributed by atoms with Crippen LogP contribution in [0.15, 0.2) is 12.2 Å². The first-order chi connectivity index (χ1) is 6.22. The van der Waals surface area contributed by atoms with E-state index >= 15 is 0 Å². The lowest BCUT2D eigenvalue weighted by molar-refractivity contribution is -0.143. The van der Waals surface area contributed by atoms with Crippen LogP contribution >= 0.6 is 11.6 Å². The van der Waals surface area contributed by atoms with Gasteiger partial charge in [-0.25, -0.2) is 4.79 Å². The van der Waals surface area contributed by atoms with Crippen LogP contribution in [0.5, 0.6) is 0 Å². The summed E-state index contributed by atoms with van der Waals surface area (Å²) in [6.45, 7) is 0.152. The molecule has 72 valence electrons. The molecule has 0 radical (unpaired) electrons. The molecule has 0 amide bonds. The van der Waals surface area contributed by atoms with Gasteiger partial charge in [-0.1, -0.05) is 6.08 Å². The van der Waals surface area contributed by atoms with Gasteiger partial charge in [0.05, 0.1) is 6.42 Å². The first kappa shape index (κ1) is 10.1. The summed E-state index contributed by atoms with van der Waals surface area (Å²) in [4.78, 5) is 21.5. The molecule has 0 aliphatic carbocycles. The lowest BCUT2D eigenvalue weighted by atomic mass is 10.3. The zero-order chi connectivity index (χ0) is 9.68. The zero-order valence-electron chi connectivity index (χ0n) is 6.86. The van der Waals surface area contributed by atoms with Crippen LogP contribution < -0.4 is 0 Å². The highest BCUT2D eigenvalue weighted by Crippen LogP contribution is 2.09. The topological polar surface area (TPSA) is 52.6 Å². The van der Waals surface area contributed by atoms with Crippen molar-refractivity contribution >= 4 is 23.5 Å². The van der Waals surface area contributed by atoms with E-state index < -0.39 is 12.1 Å². The first-order valence-corrected chi connectivity index (χ1v) is 4.34. The quantitative estimate of drug-likeness (QED) is 0.385. The van der Waals surface area contributed by atoms with E-state index in [0.717, 1.165) is 0 Å². The Labute approximate surface area is 80.5 Å². The van der Waals surface area contributed by atoms with Crippen molar-refractivity contribution in [2.24, 2.45) is 0 Å². The van der Waals surface area contributed by atoms with Gasteiger partial charge in [0, 0.05) is 12.0 Å². The fourth-order valence-corrected chi connectivity index (χ4v) is 0.999. The number of alkyl halides is 1. The molecule has 0 aromatic rings. The van der Waals surface area contributed by atoms with Gasteiger partial charge in [0.2, 0.25) is 0 Å². The van der Waals surface area contributed by atoms with Crippen molar-refractivity contribution in [3.05, 3.63) is 12.2 Å². The second-order valence-corrected chi connectivity index (χ2v) is 2.81. The summed E-state index contributed by atoms with van der Waals surface area (Å²) < 4.78 is 9.46. The Balaban J connectivity index is 2.28. The van der Waals surface area contributed by atoms with Gasteiger partial charge in [-0.3, -0.25) is 4.79 Å². The molecule has 13 heavy (non-hydrogen) atoms.